The molecule has 2 N–H and O–H groups in total. The number of nitrogens with zero attached hydrogens (tertiary/aromatic N) is 2. The molecule has 0 radical (unpaired) electrons. The van der Waals surface area contributed by atoms with Crippen LogP contribution in [0.4, 0.5) is 5.69 Å². The summed E-state index contributed by atoms with van der Waals surface area (Å²) in [4.78, 5) is 21.9. The lowest BCUT2D eigenvalue weighted by Gasteiger charge is -2.13. The third kappa shape index (κ3) is 4.62. The summed E-state index contributed by atoms with van der Waals surface area (Å²) in [6.45, 7) is 0. The van der Waals surface area contributed by atoms with Gasteiger partial charge in [0.05, 0.1) is 17.4 Å². The molecule has 0 saturated carbocycles. The third-order valence-corrected chi connectivity index (χ3v) is 3.13. The SMILES string of the molecule is N#C[C@H](NNC(=O)Cc1ccccc1)c1ccc([N+](=O)[O-])cc1. The first-order valence-corrected chi connectivity index (χ1v) is 6.82. The average Bonchev–Trinajstić information content (AvgIpc) is 2.56. The van der Waals surface area contributed by atoms with E-state index in [4.69, 9.17) is 5.26 Å². The van der Waals surface area contributed by atoms with Gasteiger partial charge in [0, 0.05) is 12.1 Å². The molecule has 1 amide bonds. The molecule has 116 valence electrons. The fourth-order valence-corrected chi connectivity index (χ4v) is 1.96. The van der Waals surface area contributed by atoms with Gasteiger partial charge in [0.25, 0.3) is 5.69 Å². The molecule has 0 aliphatic heterocycles. The number of carbonyl (C=O) groups excluding carboxylic acids is 1. The lowest BCUT2D eigenvalue weighted by Crippen LogP contribution is -2.40. The van der Waals surface area contributed by atoms with Crippen LogP contribution in [0.2, 0.25) is 0 Å². The quantitative estimate of drug-likeness (QED) is 0.627. The van der Waals surface area contributed by atoms with Crippen molar-refractivity contribution in [3.05, 3.63) is 75.8 Å². The summed E-state index contributed by atoms with van der Waals surface area (Å²) in [6, 6.07) is 16.0. The molecule has 2 rings (SSSR count). The monoisotopic (exact) mass is 310 g/mol. The number of nitrogens with one attached hydrogen (secondary N) is 2. The minimum Gasteiger partial charge on any atom is -0.290 e. The number of rotatable bonds is 6. The summed E-state index contributed by atoms with van der Waals surface area (Å²) in [7, 11) is 0. The molecule has 7 heteroatoms. The van der Waals surface area contributed by atoms with Gasteiger partial charge in [-0.15, -0.1) is 0 Å². The number of carbonyl (C=O) groups is 1. The number of nitro benzene ring substituents is 1. The van der Waals surface area contributed by atoms with Gasteiger partial charge >= 0.3 is 0 Å². The van der Waals surface area contributed by atoms with Crippen LogP contribution < -0.4 is 10.9 Å². The van der Waals surface area contributed by atoms with Crippen LogP contribution in [0.1, 0.15) is 17.2 Å². The van der Waals surface area contributed by atoms with Crippen molar-refractivity contribution in [3.63, 3.8) is 0 Å². The van der Waals surface area contributed by atoms with Gasteiger partial charge in [-0.3, -0.25) is 20.3 Å². The molecule has 2 aromatic carbocycles. The van der Waals surface area contributed by atoms with Crippen molar-refractivity contribution >= 4 is 11.6 Å². The second-order valence-corrected chi connectivity index (χ2v) is 4.77. The van der Waals surface area contributed by atoms with Crippen LogP contribution in [0.15, 0.2) is 54.6 Å². The highest BCUT2D eigenvalue weighted by molar-refractivity contribution is 5.78. The van der Waals surface area contributed by atoms with E-state index in [9.17, 15) is 14.9 Å². The van der Waals surface area contributed by atoms with Gasteiger partial charge in [-0.1, -0.05) is 30.3 Å². The van der Waals surface area contributed by atoms with Crippen molar-refractivity contribution in [3.8, 4) is 6.07 Å². The molecule has 0 aliphatic rings. The van der Waals surface area contributed by atoms with Crippen LogP contribution in [0.25, 0.3) is 0 Å². The van der Waals surface area contributed by atoms with E-state index in [1.807, 2.05) is 36.4 Å². The first-order valence-electron chi connectivity index (χ1n) is 6.82. The summed E-state index contributed by atoms with van der Waals surface area (Å²) in [5, 5.41) is 19.8. The Morgan fingerprint density at radius 1 is 1.17 bits per heavy atom. The molecule has 2 aromatic rings. The number of amides is 1. The molecule has 0 spiro atoms. The molecule has 0 fully saturated rings. The number of hydrazine groups is 1. The van der Waals surface area contributed by atoms with Crippen molar-refractivity contribution in [2.45, 2.75) is 12.5 Å². The molecule has 0 bridgehead atoms. The second kappa shape index (κ2) is 7.68. The fraction of sp³-hybridized carbons (Fsp3) is 0.125. The largest absolute Gasteiger partial charge is 0.290 e. The lowest BCUT2D eigenvalue weighted by molar-refractivity contribution is -0.384. The maximum Gasteiger partial charge on any atom is 0.269 e. The highest BCUT2D eigenvalue weighted by Gasteiger charge is 2.13. The fourth-order valence-electron chi connectivity index (χ4n) is 1.96. The van der Waals surface area contributed by atoms with Crippen LogP contribution in [-0.4, -0.2) is 10.8 Å². The number of nitro groups is 1. The molecule has 23 heavy (non-hydrogen) atoms. The Labute approximate surface area is 132 Å². The Bertz CT molecular complexity index is 723. The Kier molecular flexibility index (Phi) is 5.39. The standard InChI is InChI=1S/C16H14N4O3/c17-11-15(13-6-8-14(9-7-13)20(22)23)18-19-16(21)10-12-4-2-1-3-5-12/h1-9,15,18H,10H2,(H,19,21)/t15-/m0/s1. The number of hydrogen-bond acceptors (Lipinski definition) is 5. The zero-order chi connectivity index (χ0) is 16.7. The molecule has 0 aromatic heterocycles. The van der Waals surface area contributed by atoms with E-state index in [1.54, 1.807) is 0 Å². The summed E-state index contributed by atoms with van der Waals surface area (Å²) in [6.07, 6.45) is 0.187. The van der Waals surface area contributed by atoms with Gasteiger partial charge in [0.15, 0.2) is 0 Å². The van der Waals surface area contributed by atoms with E-state index in [0.717, 1.165) is 5.56 Å². The number of hydrogen-bond donors (Lipinski definition) is 2. The van der Waals surface area contributed by atoms with Crippen molar-refractivity contribution in [1.82, 2.24) is 10.9 Å². The van der Waals surface area contributed by atoms with Crippen molar-refractivity contribution in [2.24, 2.45) is 0 Å². The Morgan fingerprint density at radius 3 is 2.39 bits per heavy atom. The maximum absolute atomic E-state index is 11.8. The third-order valence-electron chi connectivity index (χ3n) is 3.13. The Balaban J connectivity index is 1.93. The van der Waals surface area contributed by atoms with E-state index < -0.39 is 11.0 Å². The number of nitriles is 1. The normalized spacial score (nSPS) is 11.3. The van der Waals surface area contributed by atoms with Gasteiger partial charge in [-0.05, 0) is 23.3 Å². The Hall–Kier alpha value is -3.24. The van der Waals surface area contributed by atoms with Gasteiger partial charge < -0.3 is 0 Å². The van der Waals surface area contributed by atoms with E-state index in [1.165, 1.54) is 24.3 Å². The molecule has 0 unspecified atom stereocenters. The molecule has 7 nitrogen and oxygen atoms in total. The predicted molar refractivity (Wildman–Crippen MR) is 82.9 cm³/mol. The van der Waals surface area contributed by atoms with Crippen LogP contribution in [0.5, 0.6) is 0 Å². The molecular formula is C16H14N4O3. The van der Waals surface area contributed by atoms with E-state index in [2.05, 4.69) is 10.9 Å². The second-order valence-electron chi connectivity index (χ2n) is 4.77. The average molecular weight is 310 g/mol. The van der Waals surface area contributed by atoms with Crippen LogP contribution >= 0.6 is 0 Å². The van der Waals surface area contributed by atoms with E-state index >= 15 is 0 Å². The summed E-state index contributed by atoms with van der Waals surface area (Å²) in [5.74, 6) is -0.279. The zero-order valence-corrected chi connectivity index (χ0v) is 12.1. The van der Waals surface area contributed by atoms with Crippen molar-refractivity contribution in [1.29, 1.82) is 5.26 Å². The molecule has 0 heterocycles. The highest BCUT2D eigenvalue weighted by atomic mass is 16.6. The summed E-state index contributed by atoms with van der Waals surface area (Å²) in [5.41, 5.74) is 6.42. The number of non-ortho nitro benzene ring substituents is 1. The first-order chi connectivity index (χ1) is 11.1. The van der Waals surface area contributed by atoms with Crippen LogP contribution in [0, 0.1) is 21.4 Å². The molecule has 0 aliphatic carbocycles. The zero-order valence-electron chi connectivity index (χ0n) is 12.1. The van der Waals surface area contributed by atoms with E-state index in [0.29, 0.717) is 5.56 Å². The first kappa shape index (κ1) is 16.1. The van der Waals surface area contributed by atoms with Crippen LogP contribution in [0.3, 0.4) is 0 Å². The minimum absolute atomic E-state index is 0.0569. The highest BCUT2D eigenvalue weighted by Crippen LogP contribution is 2.16. The van der Waals surface area contributed by atoms with E-state index in [-0.39, 0.29) is 18.0 Å². The predicted octanol–water partition coefficient (Wildman–Crippen LogP) is 2.02. The topological polar surface area (TPSA) is 108 Å². The summed E-state index contributed by atoms with van der Waals surface area (Å²) >= 11 is 0. The molecular weight excluding hydrogens is 296 g/mol. The summed E-state index contributed by atoms with van der Waals surface area (Å²) < 4.78 is 0. The minimum atomic E-state index is -0.796. The van der Waals surface area contributed by atoms with Crippen LogP contribution in [-0.2, 0) is 11.2 Å². The van der Waals surface area contributed by atoms with Crippen molar-refractivity contribution in [2.75, 3.05) is 0 Å². The van der Waals surface area contributed by atoms with Gasteiger partial charge in [0.1, 0.15) is 6.04 Å². The molecule has 1 atom stereocenters. The van der Waals surface area contributed by atoms with Gasteiger partial charge in [-0.2, -0.15) is 5.26 Å². The van der Waals surface area contributed by atoms with Crippen molar-refractivity contribution < 1.29 is 9.72 Å². The van der Waals surface area contributed by atoms with Gasteiger partial charge in [-0.25, -0.2) is 5.43 Å². The Morgan fingerprint density at radius 2 is 1.83 bits per heavy atom. The smallest absolute Gasteiger partial charge is 0.269 e. The lowest BCUT2D eigenvalue weighted by atomic mass is 10.1. The number of benzene rings is 2. The molecule has 0 saturated heterocycles. The maximum atomic E-state index is 11.8. The van der Waals surface area contributed by atoms with Gasteiger partial charge in [0.2, 0.25) is 5.91 Å².